The summed E-state index contributed by atoms with van der Waals surface area (Å²) in [6, 6.07) is -0.0000926. The minimum Gasteiger partial charge on any atom is -0.431 e. The van der Waals surface area contributed by atoms with E-state index in [-0.39, 0.29) is 6.07 Å². The van der Waals surface area contributed by atoms with Gasteiger partial charge in [0.15, 0.2) is 17.4 Å². The summed E-state index contributed by atoms with van der Waals surface area (Å²) in [6.07, 6.45) is 0. The van der Waals surface area contributed by atoms with Crippen molar-refractivity contribution in [1.82, 2.24) is 0 Å². The Hall–Kier alpha value is -1.40. The summed E-state index contributed by atoms with van der Waals surface area (Å²) >= 11 is 0. The van der Waals surface area contributed by atoms with Gasteiger partial charge in [-0.2, -0.15) is 13.2 Å². The van der Waals surface area contributed by atoms with Crippen molar-refractivity contribution in [1.29, 1.82) is 0 Å². The van der Waals surface area contributed by atoms with Gasteiger partial charge in [-0.3, -0.25) is 0 Å². The van der Waals surface area contributed by atoms with Crippen LogP contribution in [0.2, 0.25) is 0 Å². The lowest BCUT2D eigenvalue weighted by Gasteiger charge is -2.06. The second kappa shape index (κ2) is 3.77. The molecule has 1 aromatic carbocycles. The van der Waals surface area contributed by atoms with Crippen LogP contribution in [0.4, 0.5) is 26.3 Å². The molecular formula is C7H2F6O. The van der Waals surface area contributed by atoms with Crippen molar-refractivity contribution in [3.63, 3.8) is 0 Å². The van der Waals surface area contributed by atoms with Crippen molar-refractivity contribution in [2.75, 3.05) is 0 Å². The van der Waals surface area contributed by atoms with Crippen molar-refractivity contribution in [3.05, 3.63) is 29.3 Å². The Bertz CT molecular complexity index is 351. The molecule has 0 aliphatic heterocycles. The number of ether oxygens (including phenoxy) is 1. The highest BCUT2D eigenvalue weighted by molar-refractivity contribution is 5.27. The summed E-state index contributed by atoms with van der Waals surface area (Å²) < 4.78 is 76.1. The first-order valence-corrected chi connectivity index (χ1v) is 3.21. The standard InChI is InChI=1S/C7H2F6O/c8-2-1-3(14-7(12)13)5(10)6(11)4(2)9/h1,7H. The second-order valence-electron chi connectivity index (χ2n) is 2.18. The molecule has 78 valence electrons. The number of hydrogen-bond donors (Lipinski definition) is 0. The first-order chi connectivity index (χ1) is 6.43. The van der Waals surface area contributed by atoms with E-state index in [1.54, 1.807) is 0 Å². The molecule has 0 saturated carbocycles. The van der Waals surface area contributed by atoms with Crippen LogP contribution in [-0.4, -0.2) is 6.61 Å². The highest BCUT2D eigenvalue weighted by Crippen LogP contribution is 2.25. The van der Waals surface area contributed by atoms with Gasteiger partial charge < -0.3 is 4.74 Å². The van der Waals surface area contributed by atoms with Gasteiger partial charge in [-0.1, -0.05) is 0 Å². The summed E-state index contributed by atoms with van der Waals surface area (Å²) in [5.74, 6) is -9.45. The van der Waals surface area contributed by atoms with Crippen molar-refractivity contribution < 1.29 is 31.1 Å². The topological polar surface area (TPSA) is 9.23 Å². The van der Waals surface area contributed by atoms with Crippen LogP contribution in [-0.2, 0) is 0 Å². The lowest BCUT2D eigenvalue weighted by Crippen LogP contribution is -2.07. The normalized spacial score (nSPS) is 10.8. The fraction of sp³-hybridized carbons (Fsp3) is 0.143. The maximum atomic E-state index is 12.6. The monoisotopic (exact) mass is 216 g/mol. The van der Waals surface area contributed by atoms with Gasteiger partial charge in [0.2, 0.25) is 11.6 Å². The third-order valence-electron chi connectivity index (χ3n) is 1.29. The van der Waals surface area contributed by atoms with Crippen molar-refractivity contribution >= 4 is 0 Å². The average Bonchev–Trinajstić information content (AvgIpc) is 2.10. The van der Waals surface area contributed by atoms with E-state index in [0.717, 1.165) is 0 Å². The second-order valence-corrected chi connectivity index (χ2v) is 2.18. The maximum absolute atomic E-state index is 12.6. The third-order valence-corrected chi connectivity index (χ3v) is 1.29. The van der Waals surface area contributed by atoms with E-state index in [0.29, 0.717) is 0 Å². The Labute approximate surface area is 73.9 Å². The highest BCUT2D eigenvalue weighted by atomic mass is 19.3. The maximum Gasteiger partial charge on any atom is 0.387 e. The molecule has 0 aliphatic carbocycles. The van der Waals surface area contributed by atoms with E-state index in [4.69, 9.17) is 0 Å². The van der Waals surface area contributed by atoms with Crippen molar-refractivity contribution in [2.24, 2.45) is 0 Å². The molecule has 0 aliphatic rings. The van der Waals surface area contributed by atoms with Gasteiger partial charge in [-0.15, -0.1) is 0 Å². The van der Waals surface area contributed by atoms with Gasteiger partial charge in [0, 0.05) is 6.07 Å². The van der Waals surface area contributed by atoms with Crippen LogP contribution in [0.15, 0.2) is 6.07 Å². The molecule has 1 nitrogen and oxygen atoms in total. The molecule has 0 bridgehead atoms. The predicted molar refractivity (Wildman–Crippen MR) is 32.9 cm³/mol. The van der Waals surface area contributed by atoms with Crippen LogP contribution in [0, 0.1) is 23.3 Å². The number of alkyl halides is 2. The summed E-state index contributed by atoms with van der Waals surface area (Å²) in [7, 11) is 0. The van der Waals surface area contributed by atoms with Crippen LogP contribution in [0.1, 0.15) is 0 Å². The van der Waals surface area contributed by atoms with E-state index in [2.05, 4.69) is 4.74 Å². The summed E-state index contributed by atoms with van der Waals surface area (Å²) in [4.78, 5) is 0. The number of rotatable bonds is 2. The van der Waals surface area contributed by atoms with E-state index in [1.165, 1.54) is 0 Å². The Morgan fingerprint density at radius 2 is 1.50 bits per heavy atom. The Kier molecular flexibility index (Phi) is 2.87. The minimum atomic E-state index is -3.45. The van der Waals surface area contributed by atoms with Crippen LogP contribution in [0.5, 0.6) is 5.75 Å². The summed E-state index contributed by atoms with van der Waals surface area (Å²) in [5, 5.41) is 0. The molecule has 0 fully saturated rings. The van der Waals surface area contributed by atoms with E-state index < -0.39 is 35.6 Å². The molecule has 7 heteroatoms. The lowest BCUT2D eigenvalue weighted by atomic mass is 10.3. The van der Waals surface area contributed by atoms with Gasteiger partial charge in [0.1, 0.15) is 0 Å². The molecule has 0 radical (unpaired) electrons. The molecule has 0 saturated heterocycles. The Morgan fingerprint density at radius 3 is 2.00 bits per heavy atom. The zero-order valence-corrected chi connectivity index (χ0v) is 6.33. The lowest BCUT2D eigenvalue weighted by molar-refractivity contribution is -0.0528. The summed E-state index contributed by atoms with van der Waals surface area (Å²) in [6.45, 7) is -3.45. The molecule has 0 atom stereocenters. The van der Waals surface area contributed by atoms with Gasteiger partial charge in [0.25, 0.3) is 0 Å². The largest absolute Gasteiger partial charge is 0.431 e. The highest BCUT2D eigenvalue weighted by Gasteiger charge is 2.21. The first kappa shape index (κ1) is 10.7. The molecule has 0 N–H and O–H groups in total. The molecule has 0 unspecified atom stereocenters. The molecule has 0 aromatic heterocycles. The molecule has 0 heterocycles. The Balaban J connectivity index is 3.19. The molecule has 1 aromatic rings. The van der Waals surface area contributed by atoms with Crippen LogP contribution in [0.3, 0.4) is 0 Å². The number of halogens is 6. The fourth-order valence-electron chi connectivity index (χ4n) is 0.733. The van der Waals surface area contributed by atoms with E-state index in [1.807, 2.05) is 0 Å². The molecule has 0 amide bonds. The molecular weight excluding hydrogens is 214 g/mol. The van der Waals surface area contributed by atoms with Gasteiger partial charge in [-0.25, -0.2) is 13.2 Å². The third kappa shape index (κ3) is 1.91. The quantitative estimate of drug-likeness (QED) is 0.419. The van der Waals surface area contributed by atoms with Crippen LogP contribution >= 0.6 is 0 Å². The average molecular weight is 216 g/mol. The molecule has 14 heavy (non-hydrogen) atoms. The van der Waals surface area contributed by atoms with Gasteiger partial charge in [-0.05, 0) is 0 Å². The van der Waals surface area contributed by atoms with Crippen LogP contribution in [0.25, 0.3) is 0 Å². The smallest absolute Gasteiger partial charge is 0.387 e. The minimum absolute atomic E-state index is 0.0000926. The Morgan fingerprint density at radius 1 is 0.929 bits per heavy atom. The fourth-order valence-corrected chi connectivity index (χ4v) is 0.733. The summed E-state index contributed by atoms with van der Waals surface area (Å²) in [5.41, 5.74) is 0. The first-order valence-electron chi connectivity index (χ1n) is 3.21. The zero-order valence-electron chi connectivity index (χ0n) is 6.33. The van der Waals surface area contributed by atoms with Gasteiger partial charge >= 0.3 is 6.61 Å². The SMILES string of the molecule is Fc1cc(OC(F)F)c(F)c(F)c1F. The predicted octanol–water partition coefficient (Wildman–Crippen LogP) is 2.84. The van der Waals surface area contributed by atoms with Crippen LogP contribution < -0.4 is 4.74 Å². The molecule has 0 spiro atoms. The van der Waals surface area contributed by atoms with E-state index in [9.17, 15) is 26.3 Å². The number of benzene rings is 1. The zero-order chi connectivity index (χ0) is 10.9. The van der Waals surface area contributed by atoms with E-state index >= 15 is 0 Å². The molecule has 1 rings (SSSR count). The van der Waals surface area contributed by atoms with Crippen molar-refractivity contribution in [2.45, 2.75) is 6.61 Å². The van der Waals surface area contributed by atoms with Crippen molar-refractivity contribution in [3.8, 4) is 5.75 Å². The number of hydrogen-bond acceptors (Lipinski definition) is 1. The van der Waals surface area contributed by atoms with Gasteiger partial charge in [0.05, 0.1) is 0 Å².